The van der Waals surface area contributed by atoms with Gasteiger partial charge in [0, 0.05) is 18.8 Å². The molecule has 138 valence electrons. The molecule has 2 aromatic rings. The molecule has 3 N–H and O–H groups in total. The Morgan fingerprint density at radius 2 is 2.15 bits per heavy atom. The van der Waals surface area contributed by atoms with Crippen LogP contribution in [0, 0.1) is 6.92 Å². The van der Waals surface area contributed by atoms with Crippen LogP contribution in [0.4, 0.5) is 16.2 Å². The van der Waals surface area contributed by atoms with Crippen molar-refractivity contribution < 1.29 is 14.0 Å². The first-order valence-corrected chi connectivity index (χ1v) is 8.75. The number of nitrogens with one attached hydrogen (secondary N) is 3. The number of hydrogen-bond donors (Lipinski definition) is 3. The van der Waals surface area contributed by atoms with E-state index >= 15 is 0 Å². The monoisotopic (exact) mass is 376 g/mol. The van der Waals surface area contributed by atoms with Gasteiger partial charge >= 0.3 is 6.03 Å². The zero-order valence-electron chi connectivity index (χ0n) is 14.6. The number of carbonyl (C=O) groups excluding carboxylic acids is 2. The molecule has 2 heterocycles. The fourth-order valence-corrected chi connectivity index (χ4v) is 3.11. The summed E-state index contributed by atoms with van der Waals surface area (Å²) in [6.45, 7) is 5.24. The SMILES string of the molecule is Cc1ccc(C(C)NC(=O)Nc2ccc(N3CCNC(=O)C3)c(Cl)c2)o1. The molecule has 0 bridgehead atoms. The van der Waals surface area contributed by atoms with Crippen LogP contribution >= 0.6 is 11.6 Å². The summed E-state index contributed by atoms with van der Waals surface area (Å²) in [6, 6.07) is 8.30. The molecule has 1 aliphatic rings. The Bertz CT molecular complexity index is 821. The van der Waals surface area contributed by atoms with Crippen LogP contribution in [-0.4, -0.2) is 31.6 Å². The number of carbonyl (C=O) groups is 2. The van der Waals surface area contributed by atoms with Crippen molar-refractivity contribution in [2.24, 2.45) is 0 Å². The molecule has 0 aliphatic carbocycles. The number of hydrogen-bond acceptors (Lipinski definition) is 4. The predicted molar refractivity (Wildman–Crippen MR) is 101 cm³/mol. The van der Waals surface area contributed by atoms with Crippen LogP contribution in [0.3, 0.4) is 0 Å². The number of furan rings is 1. The molecule has 1 saturated heterocycles. The zero-order valence-corrected chi connectivity index (χ0v) is 15.4. The standard InChI is InChI=1S/C18H21ClN4O3/c1-11-3-6-16(26-11)12(2)21-18(25)22-13-4-5-15(14(19)9-13)23-8-7-20-17(24)10-23/h3-6,9,12H,7-8,10H2,1-2H3,(H,20,24)(H2,21,22,25). The van der Waals surface area contributed by atoms with Crippen LogP contribution in [0.2, 0.25) is 5.02 Å². The van der Waals surface area contributed by atoms with E-state index in [0.29, 0.717) is 29.6 Å². The number of rotatable bonds is 4. The van der Waals surface area contributed by atoms with Gasteiger partial charge in [-0.25, -0.2) is 4.79 Å². The molecule has 0 spiro atoms. The molecule has 26 heavy (non-hydrogen) atoms. The lowest BCUT2D eigenvalue weighted by Crippen LogP contribution is -2.47. The number of amides is 3. The van der Waals surface area contributed by atoms with Crippen molar-refractivity contribution in [2.45, 2.75) is 19.9 Å². The van der Waals surface area contributed by atoms with Gasteiger partial charge in [-0.2, -0.15) is 0 Å². The largest absolute Gasteiger partial charge is 0.464 e. The molecule has 3 rings (SSSR count). The summed E-state index contributed by atoms with van der Waals surface area (Å²) in [6.07, 6.45) is 0. The first-order chi connectivity index (χ1) is 12.4. The number of aryl methyl sites for hydroxylation is 1. The summed E-state index contributed by atoms with van der Waals surface area (Å²) in [5, 5.41) is 8.82. The molecular formula is C18H21ClN4O3. The minimum absolute atomic E-state index is 0.0314. The van der Waals surface area contributed by atoms with E-state index in [1.54, 1.807) is 18.2 Å². The Balaban J connectivity index is 1.62. The number of nitrogens with zero attached hydrogens (tertiary/aromatic N) is 1. The lowest BCUT2D eigenvalue weighted by molar-refractivity contribution is -0.120. The molecular weight excluding hydrogens is 356 g/mol. The van der Waals surface area contributed by atoms with E-state index < -0.39 is 0 Å². The van der Waals surface area contributed by atoms with E-state index in [9.17, 15) is 9.59 Å². The lowest BCUT2D eigenvalue weighted by atomic mass is 10.2. The smallest absolute Gasteiger partial charge is 0.319 e. The van der Waals surface area contributed by atoms with E-state index in [-0.39, 0.29) is 24.5 Å². The molecule has 1 atom stereocenters. The van der Waals surface area contributed by atoms with Crippen molar-refractivity contribution in [2.75, 3.05) is 29.9 Å². The van der Waals surface area contributed by atoms with Gasteiger partial charge in [0.2, 0.25) is 5.91 Å². The van der Waals surface area contributed by atoms with Gasteiger partial charge in [0.15, 0.2) is 0 Å². The van der Waals surface area contributed by atoms with Crippen molar-refractivity contribution in [3.63, 3.8) is 0 Å². The van der Waals surface area contributed by atoms with E-state index in [0.717, 1.165) is 11.4 Å². The summed E-state index contributed by atoms with van der Waals surface area (Å²) in [5.74, 6) is 1.45. The van der Waals surface area contributed by atoms with Gasteiger partial charge < -0.3 is 25.3 Å². The first kappa shape index (κ1) is 18.1. The summed E-state index contributed by atoms with van der Waals surface area (Å²) in [7, 11) is 0. The van der Waals surface area contributed by atoms with Crippen molar-refractivity contribution in [3.8, 4) is 0 Å². The van der Waals surface area contributed by atoms with Crippen LogP contribution in [0.25, 0.3) is 0 Å². The van der Waals surface area contributed by atoms with Gasteiger partial charge in [0.05, 0.1) is 23.3 Å². The molecule has 1 aromatic heterocycles. The minimum atomic E-state index is -0.354. The highest BCUT2D eigenvalue weighted by Crippen LogP contribution is 2.29. The summed E-state index contributed by atoms with van der Waals surface area (Å²) in [5.41, 5.74) is 1.34. The number of halogens is 1. The Hall–Kier alpha value is -2.67. The zero-order chi connectivity index (χ0) is 18.7. The second-order valence-corrected chi connectivity index (χ2v) is 6.61. The van der Waals surface area contributed by atoms with E-state index in [1.807, 2.05) is 30.9 Å². The van der Waals surface area contributed by atoms with Crippen LogP contribution in [-0.2, 0) is 4.79 Å². The van der Waals surface area contributed by atoms with Crippen LogP contribution in [0.5, 0.6) is 0 Å². The van der Waals surface area contributed by atoms with E-state index in [1.165, 1.54) is 0 Å². The third-order valence-corrected chi connectivity index (χ3v) is 4.42. The lowest BCUT2D eigenvalue weighted by Gasteiger charge is -2.29. The molecule has 7 nitrogen and oxygen atoms in total. The quantitative estimate of drug-likeness (QED) is 0.765. The van der Waals surface area contributed by atoms with Crippen LogP contribution in [0.15, 0.2) is 34.7 Å². The molecule has 1 aromatic carbocycles. The van der Waals surface area contributed by atoms with Gasteiger partial charge in [-0.1, -0.05) is 11.6 Å². The average molecular weight is 377 g/mol. The van der Waals surface area contributed by atoms with Crippen molar-refractivity contribution in [1.82, 2.24) is 10.6 Å². The Labute approximate surface area is 156 Å². The maximum atomic E-state index is 12.2. The number of benzene rings is 1. The highest BCUT2D eigenvalue weighted by molar-refractivity contribution is 6.33. The molecule has 3 amide bonds. The molecule has 1 unspecified atom stereocenters. The molecule has 0 saturated carbocycles. The number of piperazine rings is 1. The summed E-state index contributed by atoms with van der Waals surface area (Å²) >= 11 is 6.34. The van der Waals surface area contributed by atoms with Crippen LogP contribution in [0.1, 0.15) is 24.5 Å². The molecule has 8 heteroatoms. The average Bonchev–Trinajstić information content (AvgIpc) is 3.01. The van der Waals surface area contributed by atoms with Crippen molar-refractivity contribution in [3.05, 3.63) is 46.9 Å². The molecule has 0 radical (unpaired) electrons. The maximum Gasteiger partial charge on any atom is 0.319 e. The fraction of sp³-hybridized carbons (Fsp3) is 0.333. The predicted octanol–water partition coefficient (Wildman–Crippen LogP) is 3.06. The summed E-state index contributed by atoms with van der Waals surface area (Å²) in [4.78, 5) is 25.6. The normalized spacial score (nSPS) is 15.3. The Kier molecular flexibility index (Phi) is 5.37. The number of urea groups is 1. The second kappa shape index (κ2) is 7.70. The third-order valence-electron chi connectivity index (χ3n) is 4.12. The molecule has 1 fully saturated rings. The second-order valence-electron chi connectivity index (χ2n) is 6.21. The van der Waals surface area contributed by atoms with Gasteiger partial charge in [-0.05, 0) is 44.2 Å². The molecule has 1 aliphatic heterocycles. The van der Waals surface area contributed by atoms with Gasteiger partial charge in [-0.15, -0.1) is 0 Å². The van der Waals surface area contributed by atoms with E-state index in [4.69, 9.17) is 16.0 Å². The number of anilines is 2. The maximum absolute atomic E-state index is 12.2. The highest BCUT2D eigenvalue weighted by Gasteiger charge is 2.19. The van der Waals surface area contributed by atoms with Gasteiger partial charge in [-0.3, -0.25) is 4.79 Å². The minimum Gasteiger partial charge on any atom is -0.464 e. The van der Waals surface area contributed by atoms with Crippen molar-refractivity contribution >= 4 is 34.9 Å². The third kappa shape index (κ3) is 4.29. The topological polar surface area (TPSA) is 86.6 Å². The Morgan fingerprint density at radius 1 is 1.35 bits per heavy atom. The highest BCUT2D eigenvalue weighted by atomic mass is 35.5. The summed E-state index contributed by atoms with van der Waals surface area (Å²) < 4.78 is 5.51. The Morgan fingerprint density at radius 3 is 2.81 bits per heavy atom. The van der Waals surface area contributed by atoms with Crippen LogP contribution < -0.4 is 20.9 Å². The van der Waals surface area contributed by atoms with Gasteiger partial charge in [0.25, 0.3) is 0 Å². The van der Waals surface area contributed by atoms with E-state index in [2.05, 4.69) is 16.0 Å². The first-order valence-electron chi connectivity index (χ1n) is 8.37. The fourth-order valence-electron chi connectivity index (χ4n) is 2.81. The van der Waals surface area contributed by atoms with Gasteiger partial charge in [0.1, 0.15) is 11.5 Å². The van der Waals surface area contributed by atoms with Crippen molar-refractivity contribution in [1.29, 1.82) is 0 Å².